The van der Waals surface area contributed by atoms with Crippen LogP contribution in [0.4, 0.5) is 0 Å². The molecule has 0 fully saturated rings. The fraction of sp³-hybridized carbons (Fsp3) is 0.273. The van der Waals surface area contributed by atoms with Crippen molar-refractivity contribution in [1.29, 1.82) is 0 Å². The van der Waals surface area contributed by atoms with Crippen molar-refractivity contribution < 1.29 is 0 Å². The fourth-order valence-corrected chi connectivity index (χ4v) is 4.32. The van der Waals surface area contributed by atoms with E-state index in [-0.39, 0.29) is 5.56 Å². The van der Waals surface area contributed by atoms with Crippen LogP contribution in [-0.2, 0) is 5.75 Å². The molecule has 0 radical (unpaired) electrons. The first-order valence-corrected chi connectivity index (χ1v) is 8.21. The molecule has 0 bridgehead atoms. The van der Waals surface area contributed by atoms with E-state index in [0.717, 1.165) is 20.7 Å². The molecule has 3 aromatic rings. The lowest BCUT2D eigenvalue weighted by Crippen LogP contribution is -2.14. The smallest absolute Gasteiger partial charge is 0.267 e. The van der Waals surface area contributed by atoms with Gasteiger partial charge < -0.3 is 0 Å². The number of hydrogen-bond donors (Lipinski definition) is 0. The second-order valence-electron chi connectivity index (χ2n) is 3.97. The molecule has 0 aliphatic heterocycles. The number of fused-ring (bicyclic) bond motifs is 1. The first kappa shape index (κ1) is 12.8. The van der Waals surface area contributed by atoms with Gasteiger partial charge >= 0.3 is 0 Å². The summed E-state index contributed by atoms with van der Waals surface area (Å²) in [6.45, 7) is 3.79. The van der Waals surface area contributed by atoms with E-state index in [1.54, 1.807) is 23.1 Å². The Morgan fingerprint density at radius 1 is 1.32 bits per heavy atom. The first-order valence-electron chi connectivity index (χ1n) is 5.53. The summed E-state index contributed by atoms with van der Waals surface area (Å²) < 4.78 is 2.38. The van der Waals surface area contributed by atoms with Crippen molar-refractivity contribution in [1.82, 2.24) is 19.6 Å². The third kappa shape index (κ3) is 2.70. The van der Waals surface area contributed by atoms with Gasteiger partial charge in [-0.1, -0.05) is 23.1 Å². The SMILES string of the molecule is Cc1csc(SCc2nn3c(=O)cc(C)nc3s2)n1. The maximum atomic E-state index is 11.7. The van der Waals surface area contributed by atoms with E-state index in [9.17, 15) is 4.79 Å². The van der Waals surface area contributed by atoms with Gasteiger partial charge in [0.05, 0.1) is 5.75 Å². The Labute approximate surface area is 121 Å². The van der Waals surface area contributed by atoms with Crippen LogP contribution in [0.2, 0.25) is 0 Å². The highest BCUT2D eigenvalue weighted by Crippen LogP contribution is 2.27. The van der Waals surface area contributed by atoms with Crippen LogP contribution in [0.25, 0.3) is 4.96 Å². The Morgan fingerprint density at radius 2 is 2.16 bits per heavy atom. The lowest BCUT2D eigenvalue weighted by atomic mass is 10.5. The van der Waals surface area contributed by atoms with Crippen LogP contribution in [0.1, 0.15) is 16.4 Å². The highest BCUT2D eigenvalue weighted by Gasteiger charge is 2.09. The number of rotatable bonds is 3. The van der Waals surface area contributed by atoms with Gasteiger partial charge in [-0.25, -0.2) is 9.97 Å². The highest BCUT2D eigenvalue weighted by atomic mass is 32.2. The molecule has 0 aromatic carbocycles. The maximum Gasteiger partial charge on any atom is 0.275 e. The van der Waals surface area contributed by atoms with E-state index in [1.807, 2.05) is 19.2 Å². The monoisotopic (exact) mass is 310 g/mol. The number of aryl methyl sites for hydroxylation is 2. The number of nitrogens with zero attached hydrogens (tertiary/aromatic N) is 4. The van der Waals surface area contributed by atoms with Gasteiger partial charge in [0, 0.05) is 22.8 Å². The Morgan fingerprint density at radius 3 is 2.89 bits per heavy atom. The molecule has 0 saturated carbocycles. The van der Waals surface area contributed by atoms with Crippen LogP contribution in [-0.4, -0.2) is 19.6 Å². The van der Waals surface area contributed by atoms with E-state index in [2.05, 4.69) is 15.1 Å². The van der Waals surface area contributed by atoms with Crippen molar-refractivity contribution in [2.24, 2.45) is 0 Å². The third-order valence-electron chi connectivity index (χ3n) is 2.33. The predicted molar refractivity (Wildman–Crippen MR) is 78.3 cm³/mol. The molecule has 0 amide bonds. The number of thiazole rings is 1. The van der Waals surface area contributed by atoms with Crippen molar-refractivity contribution in [2.45, 2.75) is 23.9 Å². The topological polar surface area (TPSA) is 60.2 Å². The summed E-state index contributed by atoms with van der Waals surface area (Å²) in [5.41, 5.74) is 1.63. The first-order chi connectivity index (χ1) is 9.11. The molecule has 8 heteroatoms. The fourth-order valence-electron chi connectivity index (χ4n) is 1.54. The second-order valence-corrected chi connectivity index (χ2v) is 7.09. The molecular formula is C11H10N4OS3. The summed E-state index contributed by atoms with van der Waals surface area (Å²) in [7, 11) is 0. The Bertz CT molecular complexity index is 789. The second kappa shape index (κ2) is 5.03. The van der Waals surface area contributed by atoms with Gasteiger partial charge in [-0.15, -0.1) is 11.3 Å². The van der Waals surface area contributed by atoms with E-state index in [1.165, 1.54) is 21.9 Å². The van der Waals surface area contributed by atoms with Crippen molar-refractivity contribution in [3.63, 3.8) is 0 Å². The molecule has 0 atom stereocenters. The molecule has 3 aromatic heterocycles. The van der Waals surface area contributed by atoms with E-state index in [0.29, 0.717) is 10.7 Å². The molecule has 5 nitrogen and oxygen atoms in total. The standard InChI is InChI=1S/C11H10N4OS3/c1-6-3-9(16)15-10(12-6)19-8(14-15)5-18-11-13-7(2)4-17-11/h3-4H,5H2,1-2H3. The van der Waals surface area contributed by atoms with Crippen LogP contribution in [0, 0.1) is 13.8 Å². The minimum absolute atomic E-state index is 0.125. The third-order valence-corrected chi connectivity index (χ3v) is 5.57. The Balaban J connectivity index is 1.85. The number of aromatic nitrogens is 4. The molecule has 0 unspecified atom stereocenters. The van der Waals surface area contributed by atoms with Crippen molar-refractivity contribution in [3.8, 4) is 0 Å². The predicted octanol–water partition coefficient (Wildman–Crippen LogP) is 2.52. The van der Waals surface area contributed by atoms with Gasteiger partial charge in [0.25, 0.3) is 5.56 Å². The average Bonchev–Trinajstić information content (AvgIpc) is 2.92. The van der Waals surface area contributed by atoms with Gasteiger partial charge in [-0.05, 0) is 13.8 Å². The molecule has 19 heavy (non-hydrogen) atoms. The van der Waals surface area contributed by atoms with Crippen molar-refractivity contribution in [3.05, 3.63) is 38.2 Å². The molecule has 0 N–H and O–H groups in total. The van der Waals surface area contributed by atoms with E-state index >= 15 is 0 Å². The van der Waals surface area contributed by atoms with Gasteiger partial charge in [-0.3, -0.25) is 4.79 Å². The van der Waals surface area contributed by atoms with E-state index in [4.69, 9.17) is 0 Å². The van der Waals surface area contributed by atoms with Gasteiger partial charge in [0.15, 0.2) is 4.34 Å². The Hall–Kier alpha value is -1.25. The van der Waals surface area contributed by atoms with Crippen molar-refractivity contribution >= 4 is 39.4 Å². The minimum Gasteiger partial charge on any atom is -0.267 e. The summed E-state index contributed by atoms with van der Waals surface area (Å²) in [5.74, 6) is 0.708. The Kier molecular flexibility index (Phi) is 3.38. The van der Waals surface area contributed by atoms with Gasteiger partial charge in [-0.2, -0.15) is 9.61 Å². The molecular weight excluding hydrogens is 300 g/mol. The van der Waals surface area contributed by atoms with Gasteiger partial charge in [0.1, 0.15) is 5.01 Å². The zero-order valence-electron chi connectivity index (χ0n) is 10.3. The van der Waals surface area contributed by atoms with Crippen LogP contribution in [0.15, 0.2) is 20.6 Å². The summed E-state index contributed by atoms with van der Waals surface area (Å²) in [5, 5.41) is 7.20. The largest absolute Gasteiger partial charge is 0.275 e. The van der Waals surface area contributed by atoms with Crippen LogP contribution in [0.5, 0.6) is 0 Å². The van der Waals surface area contributed by atoms with Crippen LogP contribution in [0.3, 0.4) is 0 Å². The average molecular weight is 310 g/mol. The molecule has 0 aliphatic rings. The molecule has 3 rings (SSSR count). The maximum absolute atomic E-state index is 11.7. The van der Waals surface area contributed by atoms with Crippen LogP contribution >= 0.6 is 34.4 Å². The van der Waals surface area contributed by atoms with E-state index < -0.39 is 0 Å². The zero-order chi connectivity index (χ0) is 13.4. The quantitative estimate of drug-likeness (QED) is 0.696. The molecule has 0 aliphatic carbocycles. The molecule has 0 saturated heterocycles. The van der Waals surface area contributed by atoms with Gasteiger partial charge in [0.2, 0.25) is 4.96 Å². The lowest BCUT2D eigenvalue weighted by molar-refractivity contribution is 0.870. The zero-order valence-corrected chi connectivity index (χ0v) is 12.7. The number of hydrogen-bond acceptors (Lipinski definition) is 7. The lowest BCUT2D eigenvalue weighted by Gasteiger charge is -1.91. The summed E-state index contributed by atoms with van der Waals surface area (Å²) in [6, 6.07) is 1.49. The summed E-state index contributed by atoms with van der Waals surface area (Å²) >= 11 is 4.71. The normalized spacial score (nSPS) is 11.3. The molecule has 0 spiro atoms. The number of thioether (sulfide) groups is 1. The van der Waals surface area contributed by atoms with Crippen molar-refractivity contribution in [2.75, 3.05) is 0 Å². The highest BCUT2D eigenvalue weighted by molar-refractivity contribution is 8.00. The molecule has 98 valence electrons. The summed E-state index contributed by atoms with van der Waals surface area (Å²) in [4.78, 5) is 21.1. The summed E-state index contributed by atoms with van der Waals surface area (Å²) in [6.07, 6.45) is 0. The minimum atomic E-state index is -0.125. The van der Waals surface area contributed by atoms with Crippen LogP contribution < -0.4 is 5.56 Å². The molecule has 3 heterocycles.